The van der Waals surface area contributed by atoms with E-state index >= 15 is 0 Å². The van der Waals surface area contributed by atoms with Gasteiger partial charge in [-0.15, -0.1) is 0 Å². The summed E-state index contributed by atoms with van der Waals surface area (Å²) >= 11 is 5.88. The number of hydrogen-bond acceptors (Lipinski definition) is 2. The van der Waals surface area contributed by atoms with E-state index in [-0.39, 0.29) is 10.7 Å². The lowest BCUT2D eigenvalue weighted by molar-refractivity contribution is 0.102. The minimum absolute atomic E-state index is 0.200. The Kier molecular flexibility index (Phi) is 3.81. The number of rotatable bonds is 2. The standard InChI is InChI=1S/C14H12ClFN2O/c1-8-5-12(13(15)17-7-8)18-14(19)10-4-3-9(2)11(16)6-10/h3-7H,1-2H3,(H,18,19). The first-order valence-electron chi connectivity index (χ1n) is 5.67. The van der Waals surface area contributed by atoms with E-state index in [9.17, 15) is 9.18 Å². The SMILES string of the molecule is Cc1cnc(Cl)c(NC(=O)c2ccc(C)c(F)c2)c1. The van der Waals surface area contributed by atoms with Gasteiger partial charge >= 0.3 is 0 Å². The number of anilines is 1. The second-order valence-electron chi connectivity index (χ2n) is 4.27. The molecule has 5 heteroatoms. The second kappa shape index (κ2) is 5.36. The summed E-state index contributed by atoms with van der Waals surface area (Å²) < 4.78 is 13.4. The molecule has 1 aromatic heterocycles. The first-order chi connectivity index (χ1) is 8.97. The minimum atomic E-state index is -0.423. The highest BCUT2D eigenvalue weighted by Crippen LogP contribution is 2.21. The fourth-order valence-electron chi connectivity index (χ4n) is 1.57. The molecule has 2 aromatic rings. The number of aryl methyl sites for hydroxylation is 2. The maximum absolute atomic E-state index is 13.4. The van der Waals surface area contributed by atoms with Crippen LogP contribution in [0.15, 0.2) is 30.5 Å². The Bertz CT molecular complexity index is 643. The first kappa shape index (κ1) is 13.5. The average Bonchev–Trinajstić information content (AvgIpc) is 2.37. The molecule has 98 valence electrons. The van der Waals surface area contributed by atoms with Crippen molar-refractivity contribution in [2.75, 3.05) is 5.32 Å². The fraction of sp³-hybridized carbons (Fsp3) is 0.143. The molecule has 0 fully saturated rings. The van der Waals surface area contributed by atoms with Crippen molar-refractivity contribution in [3.63, 3.8) is 0 Å². The van der Waals surface area contributed by atoms with E-state index in [0.717, 1.165) is 5.56 Å². The van der Waals surface area contributed by atoms with E-state index in [4.69, 9.17) is 11.6 Å². The van der Waals surface area contributed by atoms with Gasteiger partial charge in [-0.3, -0.25) is 4.79 Å². The van der Waals surface area contributed by atoms with Crippen LogP contribution in [0, 0.1) is 19.7 Å². The zero-order chi connectivity index (χ0) is 14.0. The van der Waals surface area contributed by atoms with Crippen LogP contribution in [-0.4, -0.2) is 10.9 Å². The van der Waals surface area contributed by atoms with Crippen molar-refractivity contribution < 1.29 is 9.18 Å². The molecular weight excluding hydrogens is 267 g/mol. The molecule has 0 aliphatic rings. The predicted octanol–water partition coefficient (Wildman–Crippen LogP) is 3.74. The van der Waals surface area contributed by atoms with Gasteiger partial charge in [0.25, 0.3) is 5.91 Å². The van der Waals surface area contributed by atoms with Crippen LogP contribution in [-0.2, 0) is 0 Å². The summed E-state index contributed by atoms with van der Waals surface area (Å²) in [5.41, 5.74) is 2.01. The summed E-state index contributed by atoms with van der Waals surface area (Å²) in [6, 6.07) is 6.02. The van der Waals surface area contributed by atoms with Gasteiger partial charge in [0.2, 0.25) is 0 Å². The van der Waals surface area contributed by atoms with Crippen LogP contribution >= 0.6 is 11.6 Å². The summed E-state index contributed by atoms with van der Waals surface area (Å²) in [7, 11) is 0. The topological polar surface area (TPSA) is 42.0 Å². The zero-order valence-electron chi connectivity index (χ0n) is 10.5. The molecule has 1 N–H and O–H groups in total. The molecule has 0 aliphatic carbocycles. The number of hydrogen-bond donors (Lipinski definition) is 1. The summed E-state index contributed by atoms with van der Waals surface area (Å²) in [5, 5.41) is 2.81. The van der Waals surface area contributed by atoms with Crippen LogP contribution in [0.1, 0.15) is 21.5 Å². The third-order valence-corrected chi connectivity index (χ3v) is 2.96. The van der Waals surface area contributed by atoms with E-state index in [2.05, 4.69) is 10.3 Å². The number of carbonyl (C=O) groups excluding carboxylic acids is 1. The van der Waals surface area contributed by atoms with Gasteiger partial charge in [0.15, 0.2) is 5.15 Å². The van der Waals surface area contributed by atoms with E-state index in [1.54, 1.807) is 31.3 Å². The van der Waals surface area contributed by atoms with Crippen molar-refractivity contribution in [1.29, 1.82) is 0 Å². The van der Waals surface area contributed by atoms with Crippen LogP contribution < -0.4 is 5.32 Å². The molecule has 3 nitrogen and oxygen atoms in total. The van der Waals surface area contributed by atoms with Gasteiger partial charge in [-0.25, -0.2) is 9.37 Å². The van der Waals surface area contributed by atoms with Crippen LogP contribution in [0.5, 0.6) is 0 Å². The van der Waals surface area contributed by atoms with Crippen LogP contribution in [0.3, 0.4) is 0 Å². The molecule has 0 unspecified atom stereocenters. The van der Waals surface area contributed by atoms with Gasteiger partial charge in [-0.2, -0.15) is 0 Å². The van der Waals surface area contributed by atoms with Gasteiger partial charge in [-0.05, 0) is 43.2 Å². The molecule has 2 rings (SSSR count). The van der Waals surface area contributed by atoms with Crippen molar-refractivity contribution in [3.8, 4) is 0 Å². The van der Waals surface area contributed by atoms with Gasteiger partial charge in [0.1, 0.15) is 5.82 Å². The number of amides is 1. The predicted molar refractivity (Wildman–Crippen MR) is 73.1 cm³/mol. The molecule has 0 saturated carbocycles. The smallest absolute Gasteiger partial charge is 0.255 e. The summed E-state index contributed by atoms with van der Waals surface area (Å²) in [4.78, 5) is 15.9. The largest absolute Gasteiger partial charge is 0.319 e. The Balaban J connectivity index is 2.25. The third kappa shape index (κ3) is 3.09. The third-order valence-electron chi connectivity index (χ3n) is 2.66. The number of nitrogens with zero attached hydrogens (tertiary/aromatic N) is 1. The molecule has 1 amide bonds. The monoisotopic (exact) mass is 278 g/mol. The number of nitrogens with one attached hydrogen (secondary N) is 1. The van der Waals surface area contributed by atoms with Crippen LogP contribution in [0.25, 0.3) is 0 Å². The van der Waals surface area contributed by atoms with Gasteiger partial charge < -0.3 is 5.32 Å². The summed E-state index contributed by atoms with van der Waals surface area (Å²) in [6.07, 6.45) is 1.60. The molecule has 0 radical (unpaired) electrons. The molecule has 0 bridgehead atoms. The fourth-order valence-corrected chi connectivity index (χ4v) is 1.72. The van der Waals surface area contributed by atoms with Crippen molar-refractivity contribution >= 4 is 23.2 Å². The summed E-state index contributed by atoms with van der Waals surface area (Å²) in [6.45, 7) is 3.48. The molecular formula is C14H12ClFN2O. The highest BCUT2D eigenvalue weighted by molar-refractivity contribution is 6.32. The van der Waals surface area contributed by atoms with E-state index in [0.29, 0.717) is 11.3 Å². The van der Waals surface area contributed by atoms with Crippen molar-refractivity contribution in [2.24, 2.45) is 0 Å². The first-order valence-corrected chi connectivity index (χ1v) is 6.05. The summed E-state index contributed by atoms with van der Waals surface area (Å²) in [5.74, 6) is -0.839. The number of aromatic nitrogens is 1. The molecule has 0 atom stereocenters. The maximum Gasteiger partial charge on any atom is 0.255 e. The Morgan fingerprint density at radius 3 is 2.74 bits per heavy atom. The minimum Gasteiger partial charge on any atom is -0.319 e. The molecule has 1 heterocycles. The maximum atomic E-state index is 13.4. The van der Waals surface area contributed by atoms with Crippen molar-refractivity contribution in [1.82, 2.24) is 4.98 Å². The normalized spacial score (nSPS) is 10.3. The lowest BCUT2D eigenvalue weighted by Gasteiger charge is -2.08. The van der Waals surface area contributed by atoms with Crippen molar-refractivity contribution in [3.05, 3.63) is 58.1 Å². The molecule has 19 heavy (non-hydrogen) atoms. The van der Waals surface area contributed by atoms with Crippen LogP contribution in [0.2, 0.25) is 5.15 Å². The van der Waals surface area contributed by atoms with Crippen LogP contribution in [0.4, 0.5) is 10.1 Å². The molecule has 1 aromatic carbocycles. The Morgan fingerprint density at radius 2 is 2.05 bits per heavy atom. The average molecular weight is 279 g/mol. The van der Waals surface area contributed by atoms with Gasteiger partial charge in [0, 0.05) is 11.8 Å². The Morgan fingerprint density at radius 1 is 1.32 bits per heavy atom. The number of pyridine rings is 1. The van der Waals surface area contributed by atoms with Crippen molar-refractivity contribution in [2.45, 2.75) is 13.8 Å². The van der Waals surface area contributed by atoms with Gasteiger partial charge in [-0.1, -0.05) is 17.7 Å². The number of halogens is 2. The molecule has 0 aliphatic heterocycles. The molecule has 0 spiro atoms. The molecule has 0 saturated heterocycles. The van der Waals surface area contributed by atoms with E-state index < -0.39 is 11.7 Å². The highest BCUT2D eigenvalue weighted by Gasteiger charge is 2.11. The quantitative estimate of drug-likeness (QED) is 0.850. The number of benzene rings is 1. The lowest BCUT2D eigenvalue weighted by atomic mass is 10.1. The Hall–Kier alpha value is -1.94. The highest BCUT2D eigenvalue weighted by atomic mass is 35.5. The second-order valence-corrected chi connectivity index (χ2v) is 4.63. The lowest BCUT2D eigenvalue weighted by Crippen LogP contribution is -2.13. The number of carbonyl (C=O) groups is 1. The van der Waals surface area contributed by atoms with E-state index in [1.165, 1.54) is 6.07 Å². The Labute approximate surface area is 115 Å². The zero-order valence-corrected chi connectivity index (χ0v) is 11.3. The van der Waals surface area contributed by atoms with Gasteiger partial charge in [0.05, 0.1) is 5.69 Å². The van der Waals surface area contributed by atoms with E-state index in [1.807, 2.05) is 6.92 Å².